The second-order valence-electron chi connectivity index (χ2n) is 6.03. The third-order valence-corrected chi connectivity index (χ3v) is 6.06. The van der Waals surface area contributed by atoms with Crippen molar-refractivity contribution in [3.63, 3.8) is 0 Å². The second kappa shape index (κ2) is 5.23. The molecule has 4 rings (SSSR count). The zero-order chi connectivity index (χ0) is 16.0. The number of rotatable bonds is 3. The second-order valence-corrected chi connectivity index (χ2v) is 7.53. The van der Waals surface area contributed by atoms with E-state index in [9.17, 15) is 9.59 Å². The van der Waals surface area contributed by atoms with Crippen LogP contribution in [0.4, 0.5) is 0 Å². The smallest absolute Gasteiger partial charge is 0.244 e. The molecule has 2 amide bonds. The van der Waals surface area contributed by atoms with Crippen molar-refractivity contribution in [2.75, 3.05) is 5.75 Å². The SMILES string of the molecule is C[C@@]12CCC(=O)N1[C@@H](C(=O)NCc1nnc3ccccn13)CS2. The number of nitrogens with zero attached hydrogens (tertiary/aromatic N) is 4. The lowest BCUT2D eigenvalue weighted by atomic mass is 10.2. The Balaban J connectivity index is 1.47. The number of fused-ring (bicyclic) bond motifs is 2. The Morgan fingerprint density at radius 1 is 1.48 bits per heavy atom. The molecule has 8 heteroatoms. The Hall–Kier alpha value is -2.09. The van der Waals surface area contributed by atoms with E-state index in [-0.39, 0.29) is 22.7 Å². The van der Waals surface area contributed by atoms with Crippen LogP contribution in [0, 0.1) is 0 Å². The maximum atomic E-state index is 12.5. The van der Waals surface area contributed by atoms with Crippen LogP contribution in [-0.2, 0) is 16.1 Å². The van der Waals surface area contributed by atoms with Crippen LogP contribution in [0.2, 0.25) is 0 Å². The number of thioether (sulfide) groups is 1. The lowest BCUT2D eigenvalue weighted by Gasteiger charge is -2.29. The van der Waals surface area contributed by atoms with Crippen molar-refractivity contribution in [1.82, 2.24) is 24.8 Å². The zero-order valence-corrected chi connectivity index (χ0v) is 13.5. The molecule has 2 fully saturated rings. The van der Waals surface area contributed by atoms with Gasteiger partial charge in [-0.05, 0) is 25.5 Å². The quantitative estimate of drug-likeness (QED) is 0.900. The average Bonchev–Trinajstić information content (AvgIpc) is 3.19. The molecular formula is C15H17N5O2S. The first-order chi connectivity index (χ1) is 11.1. The fraction of sp³-hybridized carbons (Fsp3) is 0.467. The number of aromatic nitrogens is 3. The van der Waals surface area contributed by atoms with Gasteiger partial charge in [-0.1, -0.05) is 6.07 Å². The molecule has 2 aliphatic rings. The van der Waals surface area contributed by atoms with Crippen LogP contribution >= 0.6 is 11.8 Å². The van der Waals surface area contributed by atoms with Gasteiger partial charge in [0.2, 0.25) is 11.8 Å². The Kier molecular flexibility index (Phi) is 3.29. The molecule has 2 saturated heterocycles. The molecule has 2 aromatic rings. The molecule has 2 aromatic heterocycles. The lowest BCUT2D eigenvalue weighted by molar-refractivity contribution is -0.138. The minimum atomic E-state index is -0.390. The normalized spacial score (nSPS) is 26.7. The van der Waals surface area contributed by atoms with Gasteiger partial charge in [0, 0.05) is 18.4 Å². The molecule has 0 spiro atoms. The molecule has 7 nitrogen and oxygen atoms in total. The van der Waals surface area contributed by atoms with E-state index in [1.807, 2.05) is 35.7 Å². The van der Waals surface area contributed by atoms with Crippen molar-refractivity contribution in [1.29, 1.82) is 0 Å². The van der Waals surface area contributed by atoms with Gasteiger partial charge in [-0.15, -0.1) is 22.0 Å². The predicted molar refractivity (Wildman–Crippen MR) is 85.6 cm³/mol. The highest BCUT2D eigenvalue weighted by Gasteiger charge is 2.52. The average molecular weight is 331 g/mol. The molecule has 0 aromatic carbocycles. The summed E-state index contributed by atoms with van der Waals surface area (Å²) >= 11 is 1.69. The summed E-state index contributed by atoms with van der Waals surface area (Å²) in [7, 11) is 0. The van der Waals surface area contributed by atoms with E-state index in [4.69, 9.17) is 0 Å². The summed E-state index contributed by atoms with van der Waals surface area (Å²) in [6.45, 7) is 2.34. The fourth-order valence-corrected chi connectivity index (χ4v) is 4.74. The Morgan fingerprint density at radius 2 is 2.35 bits per heavy atom. The van der Waals surface area contributed by atoms with Crippen molar-refractivity contribution in [2.45, 2.75) is 37.2 Å². The van der Waals surface area contributed by atoms with Crippen molar-refractivity contribution in [3.05, 3.63) is 30.2 Å². The number of hydrogen-bond acceptors (Lipinski definition) is 5. The van der Waals surface area contributed by atoms with Gasteiger partial charge in [-0.25, -0.2) is 0 Å². The summed E-state index contributed by atoms with van der Waals surface area (Å²) in [5, 5.41) is 11.1. The summed E-state index contributed by atoms with van der Waals surface area (Å²) in [5.41, 5.74) is 0.746. The van der Waals surface area contributed by atoms with Gasteiger partial charge >= 0.3 is 0 Å². The molecule has 0 unspecified atom stereocenters. The number of carbonyl (C=O) groups is 2. The van der Waals surface area contributed by atoms with Crippen LogP contribution in [-0.4, -0.2) is 48.0 Å². The molecule has 0 saturated carbocycles. The van der Waals surface area contributed by atoms with E-state index < -0.39 is 0 Å². The standard InChI is InChI=1S/C15H17N5O2S/c1-15-6-5-13(21)20(15)10(9-23-15)14(22)16-8-12-18-17-11-4-2-3-7-19(11)12/h2-4,7,10H,5-6,8-9H2,1H3,(H,16,22)/t10-,15-/m1/s1. The first kappa shape index (κ1) is 14.5. The van der Waals surface area contributed by atoms with Crippen molar-refractivity contribution >= 4 is 29.2 Å². The topological polar surface area (TPSA) is 79.6 Å². The van der Waals surface area contributed by atoms with Gasteiger partial charge in [0.05, 0.1) is 11.4 Å². The predicted octanol–water partition coefficient (Wildman–Crippen LogP) is 0.799. The Labute approximate surface area is 137 Å². The van der Waals surface area contributed by atoms with Gasteiger partial charge < -0.3 is 10.2 Å². The number of hydrogen-bond donors (Lipinski definition) is 1. The van der Waals surface area contributed by atoms with E-state index in [1.54, 1.807) is 16.7 Å². The van der Waals surface area contributed by atoms with Crippen LogP contribution in [0.5, 0.6) is 0 Å². The third-order valence-electron chi connectivity index (χ3n) is 4.55. The number of carbonyl (C=O) groups excluding carboxylic acids is 2. The lowest BCUT2D eigenvalue weighted by Crippen LogP contribution is -2.50. The van der Waals surface area contributed by atoms with Crippen LogP contribution < -0.4 is 5.32 Å². The van der Waals surface area contributed by atoms with Crippen molar-refractivity contribution in [3.8, 4) is 0 Å². The summed E-state index contributed by atoms with van der Waals surface area (Å²) in [6, 6.07) is 5.26. The first-order valence-electron chi connectivity index (χ1n) is 7.61. The number of pyridine rings is 1. The van der Waals surface area contributed by atoms with Crippen LogP contribution in [0.15, 0.2) is 24.4 Å². The van der Waals surface area contributed by atoms with E-state index >= 15 is 0 Å². The minimum Gasteiger partial charge on any atom is -0.347 e. The molecule has 4 heterocycles. The largest absolute Gasteiger partial charge is 0.347 e. The molecule has 0 radical (unpaired) electrons. The highest BCUT2D eigenvalue weighted by atomic mass is 32.2. The zero-order valence-electron chi connectivity index (χ0n) is 12.7. The molecule has 2 aliphatic heterocycles. The van der Waals surface area contributed by atoms with Gasteiger partial charge in [0.1, 0.15) is 6.04 Å². The van der Waals surface area contributed by atoms with Crippen LogP contribution in [0.25, 0.3) is 5.65 Å². The van der Waals surface area contributed by atoms with Gasteiger partial charge in [-0.2, -0.15) is 0 Å². The third kappa shape index (κ3) is 2.28. The summed E-state index contributed by atoms with van der Waals surface area (Å²) in [5.74, 6) is 1.28. The van der Waals surface area contributed by atoms with Gasteiger partial charge in [-0.3, -0.25) is 14.0 Å². The highest BCUT2D eigenvalue weighted by molar-refractivity contribution is 8.01. The summed E-state index contributed by atoms with van der Waals surface area (Å²) in [4.78, 5) is 26.2. The molecule has 120 valence electrons. The monoisotopic (exact) mass is 331 g/mol. The summed E-state index contributed by atoms with van der Waals surface area (Å²) in [6.07, 6.45) is 3.21. The van der Waals surface area contributed by atoms with Crippen molar-refractivity contribution in [2.24, 2.45) is 0 Å². The maximum Gasteiger partial charge on any atom is 0.244 e. The van der Waals surface area contributed by atoms with E-state index in [2.05, 4.69) is 15.5 Å². The molecule has 23 heavy (non-hydrogen) atoms. The van der Waals surface area contributed by atoms with Crippen LogP contribution in [0.3, 0.4) is 0 Å². The van der Waals surface area contributed by atoms with Gasteiger partial charge in [0.15, 0.2) is 11.5 Å². The first-order valence-corrected chi connectivity index (χ1v) is 8.59. The summed E-state index contributed by atoms with van der Waals surface area (Å²) < 4.78 is 1.84. The molecule has 1 N–H and O–H groups in total. The fourth-order valence-electron chi connectivity index (χ4n) is 3.31. The van der Waals surface area contributed by atoms with E-state index in [0.29, 0.717) is 24.5 Å². The number of nitrogens with one attached hydrogen (secondary N) is 1. The minimum absolute atomic E-state index is 0.0746. The van der Waals surface area contributed by atoms with E-state index in [1.165, 1.54) is 0 Å². The maximum absolute atomic E-state index is 12.5. The Morgan fingerprint density at radius 3 is 3.22 bits per heavy atom. The molecule has 0 aliphatic carbocycles. The Bertz CT molecular complexity index is 791. The molecule has 2 atom stereocenters. The van der Waals surface area contributed by atoms with Crippen molar-refractivity contribution < 1.29 is 9.59 Å². The van der Waals surface area contributed by atoms with Crippen LogP contribution in [0.1, 0.15) is 25.6 Å². The van der Waals surface area contributed by atoms with E-state index in [0.717, 1.165) is 12.1 Å². The highest BCUT2D eigenvalue weighted by Crippen LogP contribution is 2.47. The number of amides is 2. The van der Waals surface area contributed by atoms with Gasteiger partial charge in [0.25, 0.3) is 0 Å². The molecular weight excluding hydrogens is 314 g/mol. The molecule has 0 bridgehead atoms.